The Morgan fingerprint density at radius 1 is 0.929 bits per heavy atom. The summed E-state index contributed by atoms with van der Waals surface area (Å²) < 4.78 is 0. The van der Waals surface area contributed by atoms with E-state index in [1.807, 2.05) is 60.4 Å². The van der Waals surface area contributed by atoms with Crippen molar-refractivity contribution < 1.29 is 9.59 Å². The van der Waals surface area contributed by atoms with E-state index in [0.29, 0.717) is 31.7 Å². The van der Waals surface area contributed by atoms with E-state index >= 15 is 0 Å². The molecule has 2 N–H and O–H groups in total. The molecule has 6 heteroatoms. The van der Waals surface area contributed by atoms with E-state index in [1.165, 1.54) is 5.56 Å². The predicted molar refractivity (Wildman–Crippen MR) is 114 cm³/mol. The molecule has 0 saturated carbocycles. The second-order valence-electron chi connectivity index (χ2n) is 7.06. The highest BCUT2D eigenvalue weighted by atomic mass is 35.5. The zero-order valence-corrected chi connectivity index (χ0v) is 17.2. The van der Waals surface area contributed by atoms with E-state index in [0.717, 1.165) is 17.5 Å². The lowest BCUT2D eigenvalue weighted by Gasteiger charge is -2.36. The normalized spacial score (nSPS) is 15.0. The van der Waals surface area contributed by atoms with Crippen LogP contribution in [0.25, 0.3) is 0 Å². The molecule has 0 bridgehead atoms. The van der Waals surface area contributed by atoms with Gasteiger partial charge in [0.25, 0.3) is 5.91 Å². The van der Waals surface area contributed by atoms with Gasteiger partial charge in [-0.05, 0) is 36.6 Å². The van der Waals surface area contributed by atoms with Crippen molar-refractivity contribution in [1.29, 1.82) is 0 Å². The molecule has 0 aromatic heterocycles. The Morgan fingerprint density at radius 2 is 1.46 bits per heavy atom. The van der Waals surface area contributed by atoms with Crippen LogP contribution in [0.2, 0.25) is 0 Å². The maximum absolute atomic E-state index is 12.7. The molecule has 0 radical (unpaired) electrons. The van der Waals surface area contributed by atoms with Crippen LogP contribution in [0.4, 0.5) is 0 Å². The number of aryl methyl sites for hydroxylation is 2. The van der Waals surface area contributed by atoms with Crippen LogP contribution in [0, 0.1) is 6.92 Å². The third kappa shape index (κ3) is 4.91. The standard InChI is InChI=1S/C22H27N3O2.ClH/c1-3-17-6-10-19(11-7-17)21(26)24-12-14-25(15-13-24)22(27)20(23)18-8-4-16(2)5-9-18;/h4-11,20H,3,12-15,23H2,1-2H3;1H. The number of nitrogens with two attached hydrogens (primary N) is 1. The first-order chi connectivity index (χ1) is 13.0. The molecule has 0 aliphatic carbocycles. The summed E-state index contributed by atoms with van der Waals surface area (Å²) in [4.78, 5) is 28.9. The van der Waals surface area contributed by atoms with Crippen molar-refractivity contribution >= 4 is 24.2 Å². The lowest BCUT2D eigenvalue weighted by Crippen LogP contribution is -2.52. The van der Waals surface area contributed by atoms with E-state index in [9.17, 15) is 9.59 Å². The summed E-state index contributed by atoms with van der Waals surface area (Å²) >= 11 is 0. The molecular formula is C22H28ClN3O2. The van der Waals surface area contributed by atoms with Crippen LogP contribution in [0.5, 0.6) is 0 Å². The molecule has 2 aromatic carbocycles. The van der Waals surface area contributed by atoms with Gasteiger partial charge in [0, 0.05) is 31.7 Å². The number of carbonyl (C=O) groups excluding carboxylic acids is 2. The molecule has 1 aliphatic rings. The minimum atomic E-state index is -0.658. The summed E-state index contributed by atoms with van der Waals surface area (Å²) in [5.74, 6) is -0.0640. The molecule has 1 saturated heterocycles. The van der Waals surface area contributed by atoms with E-state index < -0.39 is 6.04 Å². The number of amides is 2. The van der Waals surface area contributed by atoms with Crippen LogP contribution < -0.4 is 5.73 Å². The predicted octanol–water partition coefficient (Wildman–Crippen LogP) is 2.96. The minimum Gasteiger partial charge on any atom is -0.337 e. The largest absolute Gasteiger partial charge is 0.337 e. The average molecular weight is 402 g/mol. The molecule has 5 nitrogen and oxygen atoms in total. The van der Waals surface area contributed by atoms with Gasteiger partial charge in [-0.25, -0.2) is 0 Å². The molecule has 2 aromatic rings. The first kappa shape index (κ1) is 21.9. The molecule has 2 amide bonds. The summed E-state index contributed by atoms with van der Waals surface area (Å²) in [7, 11) is 0. The van der Waals surface area contributed by atoms with Gasteiger partial charge in [0.2, 0.25) is 5.91 Å². The van der Waals surface area contributed by atoms with Crippen LogP contribution in [-0.4, -0.2) is 47.8 Å². The van der Waals surface area contributed by atoms with Gasteiger partial charge in [0.15, 0.2) is 0 Å². The topological polar surface area (TPSA) is 66.6 Å². The average Bonchev–Trinajstić information content (AvgIpc) is 2.73. The van der Waals surface area contributed by atoms with Gasteiger partial charge in [-0.2, -0.15) is 0 Å². The van der Waals surface area contributed by atoms with Crippen LogP contribution in [0.15, 0.2) is 48.5 Å². The highest BCUT2D eigenvalue weighted by Crippen LogP contribution is 2.17. The van der Waals surface area contributed by atoms with E-state index in [1.54, 1.807) is 4.90 Å². The number of benzene rings is 2. The quantitative estimate of drug-likeness (QED) is 0.856. The Bertz CT molecular complexity index is 798. The fourth-order valence-corrected chi connectivity index (χ4v) is 3.31. The molecule has 1 aliphatic heterocycles. The van der Waals surface area contributed by atoms with Crippen LogP contribution in [0.3, 0.4) is 0 Å². The monoisotopic (exact) mass is 401 g/mol. The zero-order valence-electron chi connectivity index (χ0n) is 16.4. The van der Waals surface area contributed by atoms with Gasteiger partial charge in [0.1, 0.15) is 6.04 Å². The second-order valence-corrected chi connectivity index (χ2v) is 7.06. The van der Waals surface area contributed by atoms with Gasteiger partial charge in [-0.3, -0.25) is 9.59 Å². The van der Waals surface area contributed by atoms with E-state index in [4.69, 9.17) is 5.73 Å². The Morgan fingerprint density at radius 3 is 2.00 bits per heavy atom. The third-order valence-electron chi connectivity index (χ3n) is 5.19. The fraction of sp³-hybridized carbons (Fsp3) is 0.364. The lowest BCUT2D eigenvalue weighted by molar-refractivity contribution is -0.134. The van der Waals surface area contributed by atoms with Crippen molar-refractivity contribution in [3.63, 3.8) is 0 Å². The smallest absolute Gasteiger partial charge is 0.253 e. The number of nitrogens with zero attached hydrogens (tertiary/aromatic N) is 2. The van der Waals surface area contributed by atoms with Crippen LogP contribution in [0.1, 0.15) is 40.0 Å². The summed E-state index contributed by atoms with van der Waals surface area (Å²) in [6.45, 7) is 6.17. The van der Waals surface area contributed by atoms with Gasteiger partial charge in [-0.15, -0.1) is 12.4 Å². The van der Waals surface area contributed by atoms with Gasteiger partial charge < -0.3 is 15.5 Å². The molecule has 3 rings (SSSR count). The van der Waals surface area contributed by atoms with E-state index in [-0.39, 0.29) is 24.2 Å². The number of piperazine rings is 1. The maximum atomic E-state index is 12.7. The van der Waals surface area contributed by atoms with Crippen molar-refractivity contribution in [1.82, 2.24) is 9.80 Å². The molecule has 1 atom stereocenters. The van der Waals surface area contributed by atoms with Crippen molar-refractivity contribution in [2.45, 2.75) is 26.3 Å². The van der Waals surface area contributed by atoms with Crippen molar-refractivity contribution in [2.24, 2.45) is 5.73 Å². The maximum Gasteiger partial charge on any atom is 0.253 e. The van der Waals surface area contributed by atoms with Crippen molar-refractivity contribution in [2.75, 3.05) is 26.2 Å². The Kier molecular flexibility index (Phi) is 7.61. The van der Waals surface area contributed by atoms with Crippen LogP contribution in [-0.2, 0) is 11.2 Å². The molecule has 0 spiro atoms. The lowest BCUT2D eigenvalue weighted by atomic mass is 10.0. The number of carbonyl (C=O) groups is 2. The highest BCUT2D eigenvalue weighted by Gasteiger charge is 2.28. The first-order valence-electron chi connectivity index (χ1n) is 9.48. The minimum absolute atomic E-state index is 0. The number of hydrogen-bond acceptors (Lipinski definition) is 3. The van der Waals surface area contributed by atoms with Gasteiger partial charge in [-0.1, -0.05) is 48.9 Å². The Labute approximate surface area is 172 Å². The fourth-order valence-electron chi connectivity index (χ4n) is 3.31. The summed E-state index contributed by atoms with van der Waals surface area (Å²) in [5, 5.41) is 0. The molecule has 150 valence electrons. The van der Waals surface area contributed by atoms with Gasteiger partial charge >= 0.3 is 0 Å². The van der Waals surface area contributed by atoms with Crippen molar-refractivity contribution in [3.05, 3.63) is 70.8 Å². The second kappa shape index (κ2) is 9.71. The highest BCUT2D eigenvalue weighted by molar-refractivity contribution is 5.94. The Balaban J connectivity index is 0.00000280. The Hall–Kier alpha value is -2.37. The molecule has 28 heavy (non-hydrogen) atoms. The first-order valence-corrected chi connectivity index (χ1v) is 9.48. The zero-order chi connectivity index (χ0) is 19.4. The summed E-state index contributed by atoms with van der Waals surface area (Å²) in [6, 6.07) is 14.8. The SMILES string of the molecule is CCc1ccc(C(=O)N2CCN(C(=O)C(N)c3ccc(C)cc3)CC2)cc1.Cl. The van der Waals surface area contributed by atoms with Crippen molar-refractivity contribution in [3.8, 4) is 0 Å². The third-order valence-corrected chi connectivity index (χ3v) is 5.19. The molecule has 1 fully saturated rings. The molecule has 1 unspecified atom stereocenters. The van der Waals surface area contributed by atoms with Crippen LogP contribution >= 0.6 is 12.4 Å². The molecular weight excluding hydrogens is 374 g/mol. The summed E-state index contributed by atoms with van der Waals surface area (Å²) in [5.41, 5.74) is 10.0. The van der Waals surface area contributed by atoms with Gasteiger partial charge in [0.05, 0.1) is 0 Å². The number of hydrogen-bond donors (Lipinski definition) is 1. The number of rotatable bonds is 4. The van der Waals surface area contributed by atoms with E-state index in [2.05, 4.69) is 6.92 Å². The summed E-state index contributed by atoms with van der Waals surface area (Å²) in [6.07, 6.45) is 0.955. The molecule has 1 heterocycles. The number of halogens is 1.